The molecule has 9 heteroatoms. The maximum Gasteiger partial charge on any atom is 0.411 e. The summed E-state index contributed by atoms with van der Waals surface area (Å²) >= 11 is 0. The molecular weight excluding hydrogens is 350 g/mol. The van der Waals surface area contributed by atoms with E-state index < -0.39 is 33.8 Å². The Balaban J connectivity index is 2.75. The van der Waals surface area contributed by atoms with E-state index in [4.69, 9.17) is 13.7 Å². The first-order valence-corrected chi connectivity index (χ1v) is 10.2. The Bertz CT molecular complexity index is 568. The number of likely N-dealkylation sites (tertiary alicyclic amines) is 1. The van der Waals surface area contributed by atoms with Gasteiger partial charge in [0.15, 0.2) is 0 Å². The van der Waals surface area contributed by atoms with Crippen molar-refractivity contribution in [3.63, 3.8) is 0 Å². The first kappa shape index (κ1) is 21.7. The van der Waals surface area contributed by atoms with Gasteiger partial charge in [0, 0.05) is 6.54 Å². The number of amides is 1. The third-order valence-electron chi connectivity index (χ3n) is 3.72. The maximum atomic E-state index is 12.4. The second-order valence-corrected chi connectivity index (χ2v) is 8.79. The third kappa shape index (κ3) is 8.04. The molecule has 25 heavy (non-hydrogen) atoms. The molecule has 0 spiro atoms. The Morgan fingerprint density at radius 1 is 1.24 bits per heavy atom. The smallest absolute Gasteiger partial charge is 0.411 e. The van der Waals surface area contributed by atoms with Crippen molar-refractivity contribution in [2.24, 2.45) is 5.92 Å². The average Bonchev–Trinajstić information content (AvgIpc) is 2.44. The van der Waals surface area contributed by atoms with Crippen LogP contribution in [0.4, 0.5) is 4.79 Å². The summed E-state index contributed by atoms with van der Waals surface area (Å²) in [6.07, 6.45) is 1.98. The summed E-state index contributed by atoms with van der Waals surface area (Å²) in [7, 11) is -3.48. The predicted molar refractivity (Wildman–Crippen MR) is 91.5 cm³/mol. The lowest BCUT2D eigenvalue weighted by molar-refractivity contribution is -0.151. The van der Waals surface area contributed by atoms with Crippen LogP contribution in [0, 0.1) is 5.92 Å². The highest BCUT2D eigenvalue weighted by Gasteiger charge is 2.39. The molecule has 0 N–H and O–H groups in total. The second kappa shape index (κ2) is 8.84. The van der Waals surface area contributed by atoms with Gasteiger partial charge in [0.2, 0.25) is 0 Å². The van der Waals surface area contributed by atoms with Crippen LogP contribution in [0.1, 0.15) is 47.0 Å². The zero-order valence-corrected chi connectivity index (χ0v) is 16.4. The summed E-state index contributed by atoms with van der Waals surface area (Å²) in [5.74, 6) is -0.406. The van der Waals surface area contributed by atoms with Crippen molar-refractivity contribution >= 4 is 22.2 Å². The SMILES string of the molecule is CCOC(=O)[C@H]1C[C@@H](CCOS(C)(=O)=O)CCN1C(=O)OC(C)(C)C. The van der Waals surface area contributed by atoms with Gasteiger partial charge in [0.05, 0.1) is 19.5 Å². The summed E-state index contributed by atoms with van der Waals surface area (Å²) in [6.45, 7) is 7.63. The molecule has 0 unspecified atom stereocenters. The largest absolute Gasteiger partial charge is 0.464 e. The number of piperidine rings is 1. The summed E-state index contributed by atoms with van der Waals surface area (Å²) in [5.41, 5.74) is -0.656. The van der Waals surface area contributed by atoms with Gasteiger partial charge in [0.1, 0.15) is 11.6 Å². The minimum absolute atomic E-state index is 0.0610. The van der Waals surface area contributed by atoms with E-state index in [9.17, 15) is 18.0 Å². The quantitative estimate of drug-likeness (QED) is 0.513. The van der Waals surface area contributed by atoms with Gasteiger partial charge in [0.25, 0.3) is 10.1 Å². The van der Waals surface area contributed by atoms with Crippen LogP contribution in [0.2, 0.25) is 0 Å². The lowest BCUT2D eigenvalue weighted by atomic mass is 9.89. The molecule has 0 aromatic heterocycles. The fourth-order valence-electron chi connectivity index (χ4n) is 2.67. The van der Waals surface area contributed by atoms with Gasteiger partial charge in [-0.05, 0) is 52.9 Å². The van der Waals surface area contributed by atoms with Crippen molar-refractivity contribution in [1.82, 2.24) is 4.90 Å². The van der Waals surface area contributed by atoms with Gasteiger partial charge in [-0.25, -0.2) is 9.59 Å². The fourth-order valence-corrected chi connectivity index (χ4v) is 3.07. The molecule has 0 saturated carbocycles. The molecule has 0 radical (unpaired) electrons. The van der Waals surface area contributed by atoms with E-state index in [1.165, 1.54) is 4.90 Å². The number of hydrogen-bond donors (Lipinski definition) is 0. The second-order valence-electron chi connectivity index (χ2n) is 7.15. The molecule has 1 aliphatic heterocycles. The maximum absolute atomic E-state index is 12.4. The van der Waals surface area contributed by atoms with Gasteiger partial charge >= 0.3 is 12.1 Å². The lowest BCUT2D eigenvalue weighted by Crippen LogP contribution is -2.52. The highest BCUT2D eigenvalue weighted by molar-refractivity contribution is 7.85. The highest BCUT2D eigenvalue weighted by Crippen LogP contribution is 2.28. The van der Waals surface area contributed by atoms with Crippen molar-refractivity contribution < 1.29 is 31.7 Å². The molecule has 1 heterocycles. The summed E-state index contributed by atoms with van der Waals surface area (Å²) in [5, 5.41) is 0. The van der Waals surface area contributed by atoms with Crippen molar-refractivity contribution in [1.29, 1.82) is 0 Å². The Morgan fingerprint density at radius 2 is 1.88 bits per heavy atom. The molecule has 1 amide bonds. The zero-order valence-electron chi connectivity index (χ0n) is 15.6. The molecular formula is C16H29NO7S. The van der Waals surface area contributed by atoms with E-state index >= 15 is 0 Å². The monoisotopic (exact) mass is 379 g/mol. The zero-order chi connectivity index (χ0) is 19.3. The molecule has 8 nitrogen and oxygen atoms in total. The average molecular weight is 379 g/mol. The van der Waals surface area contributed by atoms with Gasteiger partial charge < -0.3 is 9.47 Å². The van der Waals surface area contributed by atoms with Crippen molar-refractivity contribution in [2.75, 3.05) is 26.0 Å². The molecule has 0 aliphatic carbocycles. The van der Waals surface area contributed by atoms with Crippen molar-refractivity contribution in [3.05, 3.63) is 0 Å². The number of carbonyl (C=O) groups is 2. The van der Waals surface area contributed by atoms with Crippen LogP contribution in [-0.2, 0) is 28.6 Å². The number of carbonyl (C=O) groups excluding carboxylic acids is 2. The first-order valence-electron chi connectivity index (χ1n) is 8.43. The van der Waals surface area contributed by atoms with Crippen LogP contribution in [0.5, 0.6) is 0 Å². The summed E-state index contributed by atoms with van der Waals surface area (Å²) < 4.78 is 37.3. The number of nitrogens with zero attached hydrogens (tertiary/aromatic N) is 1. The molecule has 0 aromatic rings. The van der Waals surface area contributed by atoms with Gasteiger partial charge in [-0.2, -0.15) is 8.42 Å². The lowest BCUT2D eigenvalue weighted by Gasteiger charge is -2.38. The number of rotatable bonds is 6. The van der Waals surface area contributed by atoms with Crippen LogP contribution in [0.15, 0.2) is 0 Å². The molecule has 1 aliphatic rings. The number of ether oxygens (including phenoxy) is 2. The van der Waals surface area contributed by atoms with Crippen LogP contribution < -0.4 is 0 Å². The Morgan fingerprint density at radius 3 is 2.40 bits per heavy atom. The van der Waals surface area contributed by atoms with Gasteiger partial charge in [-0.15, -0.1) is 0 Å². The Hall–Kier alpha value is -1.35. The van der Waals surface area contributed by atoms with Crippen LogP contribution in [0.3, 0.4) is 0 Å². The highest BCUT2D eigenvalue weighted by atomic mass is 32.2. The Labute approximate surface area is 149 Å². The minimum Gasteiger partial charge on any atom is -0.464 e. The van der Waals surface area contributed by atoms with Gasteiger partial charge in [-0.1, -0.05) is 0 Å². The van der Waals surface area contributed by atoms with Crippen molar-refractivity contribution in [3.8, 4) is 0 Å². The van der Waals surface area contributed by atoms with Crippen LogP contribution in [-0.4, -0.2) is 63.0 Å². The van der Waals surface area contributed by atoms with Crippen molar-refractivity contribution in [2.45, 2.75) is 58.6 Å². The normalized spacial score (nSPS) is 21.7. The van der Waals surface area contributed by atoms with E-state index in [1.54, 1.807) is 27.7 Å². The molecule has 0 aromatic carbocycles. The summed E-state index contributed by atoms with van der Waals surface area (Å²) in [4.78, 5) is 26.0. The third-order valence-corrected chi connectivity index (χ3v) is 4.32. The molecule has 2 atom stereocenters. The fraction of sp³-hybridized carbons (Fsp3) is 0.875. The topological polar surface area (TPSA) is 99.2 Å². The number of esters is 1. The first-order chi connectivity index (χ1) is 11.4. The van der Waals surface area contributed by atoms with E-state index in [0.717, 1.165) is 6.26 Å². The molecule has 1 saturated heterocycles. The van der Waals surface area contributed by atoms with Gasteiger partial charge in [-0.3, -0.25) is 9.08 Å². The van der Waals surface area contributed by atoms with E-state index in [2.05, 4.69) is 0 Å². The van der Waals surface area contributed by atoms with E-state index in [0.29, 0.717) is 25.8 Å². The molecule has 0 bridgehead atoms. The minimum atomic E-state index is -3.48. The predicted octanol–water partition coefficient (Wildman–Crippen LogP) is 1.93. The summed E-state index contributed by atoms with van der Waals surface area (Å²) in [6, 6.07) is -0.730. The molecule has 1 rings (SSSR count). The van der Waals surface area contributed by atoms with Crippen LogP contribution >= 0.6 is 0 Å². The standard InChI is InChI=1S/C16H29NO7S/c1-6-22-14(18)13-11-12(8-10-23-25(5,20)21)7-9-17(13)15(19)24-16(2,3)4/h12-13H,6-11H2,1-5H3/t12-,13-/m1/s1. The molecule has 146 valence electrons. The van der Waals surface area contributed by atoms with E-state index in [-0.39, 0.29) is 19.1 Å². The van der Waals surface area contributed by atoms with E-state index in [1.807, 2.05) is 0 Å². The van der Waals surface area contributed by atoms with Crippen LogP contribution in [0.25, 0.3) is 0 Å². The Kier molecular flexibility index (Phi) is 7.67. The molecule has 1 fully saturated rings. The number of hydrogen-bond acceptors (Lipinski definition) is 7.